The minimum absolute atomic E-state index is 0.116. The van der Waals surface area contributed by atoms with E-state index in [1.807, 2.05) is 0 Å². The highest BCUT2D eigenvalue weighted by atomic mass is 32.2. The van der Waals surface area contributed by atoms with Crippen molar-refractivity contribution in [1.29, 1.82) is 0 Å². The zero-order chi connectivity index (χ0) is 15.6. The molecular formula is C12H14N4O4S. The predicted octanol–water partition coefficient (Wildman–Crippen LogP) is 1.67. The lowest BCUT2D eigenvalue weighted by Crippen LogP contribution is -2.28. The van der Waals surface area contributed by atoms with E-state index in [4.69, 9.17) is 0 Å². The number of hydrogen-bond donors (Lipinski definition) is 2. The molecule has 0 amide bonds. The summed E-state index contributed by atoms with van der Waals surface area (Å²) in [6.45, 7) is 3.21. The van der Waals surface area contributed by atoms with E-state index in [1.54, 1.807) is 20.0 Å². The van der Waals surface area contributed by atoms with E-state index in [1.165, 1.54) is 18.3 Å². The van der Waals surface area contributed by atoms with Crippen LogP contribution in [0.3, 0.4) is 0 Å². The molecular weight excluding hydrogens is 296 g/mol. The molecule has 1 aromatic heterocycles. The van der Waals surface area contributed by atoms with Gasteiger partial charge in [-0.3, -0.25) is 10.1 Å². The van der Waals surface area contributed by atoms with Gasteiger partial charge >= 0.3 is 0 Å². The first-order valence-corrected chi connectivity index (χ1v) is 7.56. The van der Waals surface area contributed by atoms with Crippen LogP contribution < -0.4 is 4.72 Å². The first kappa shape index (κ1) is 15.1. The van der Waals surface area contributed by atoms with E-state index in [0.29, 0.717) is 11.4 Å². The SMILES string of the molecule is Cc1ccc([N+](=O)[O-])cc1S(=O)(=O)NC(C)c1ncc[nH]1. The Morgan fingerprint density at radius 3 is 2.71 bits per heavy atom. The van der Waals surface area contributed by atoms with Crippen LogP contribution in [0.5, 0.6) is 0 Å². The van der Waals surface area contributed by atoms with Crippen LogP contribution >= 0.6 is 0 Å². The number of non-ortho nitro benzene ring substituents is 1. The van der Waals surface area contributed by atoms with Gasteiger partial charge in [-0.2, -0.15) is 0 Å². The van der Waals surface area contributed by atoms with Crippen molar-refractivity contribution in [3.05, 3.63) is 52.1 Å². The maximum Gasteiger partial charge on any atom is 0.270 e. The average Bonchev–Trinajstić information content (AvgIpc) is 2.92. The van der Waals surface area contributed by atoms with E-state index < -0.39 is 21.0 Å². The number of nitro benzene ring substituents is 1. The molecule has 0 saturated carbocycles. The summed E-state index contributed by atoms with van der Waals surface area (Å²) < 4.78 is 27.2. The Morgan fingerprint density at radius 1 is 1.43 bits per heavy atom. The molecule has 0 aliphatic rings. The van der Waals surface area contributed by atoms with Crippen molar-refractivity contribution in [1.82, 2.24) is 14.7 Å². The zero-order valence-corrected chi connectivity index (χ0v) is 12.2. The van der Waals surface area contributed by atoms with Gasteiger partial charge < -0.3 is 4.98 Å². The van der Waals surface area contributed by atoms with Crippen LogP contribution in [0.25, 0.3) is 0 Å². The number of hydrogen-bond acceptors (Lipinski definition) is 5. The highest BCUT2D eigenvalue weighted by Gasteiger charge is 2.23. The lowest BCUT2D eigenvalue weighted by Gasteiger charge is -2.13. The predicted molar refractivity (Wildman–Crippen MR) is 75.2 cm³/mol. The van der Waals surface area contributed by atoms with Gasteiger partial charge in [-0.05, 0) is 19.4 Å². The van der Waals surface area contributed by atoms with Gasteiger partial charge in [0.05, 0.1) is 15.9 Å². The van der Waals surface area contributed by atoms with Crippen LogP contribution in [-0.4, -0.2) is 23.3 Å². The molecule has 112 valence electrons. The topological polar surface area (TPSA) is 118 Å². The van der Waals surface area contributed by atoms with Gasteiger partial charge in [-0.1, -0.05) is 6.07 Å². The van der Waals surface area contributed by atoms with Crippen LogP contribution in [-0.2, 0) is 10.0 Å². The van der Waals surface area contributed by atoms with Gasteiger partial charge in [-0.15, -0.1) is 0 Å². The molecule has 21 heavy (non-hydrogen) atoms. The molecule has 1 aromatic carbocycles. The molecule has 0 radical (unpaired) electrons. The molecule has 1 unspecified atom stereocenters. The number of rotatable bonds is 5. The largest absolute Gasteiger partial charge is 0.347 e. The Bertz CT molecular complexity index is 756. The number of nitrogens with zero attached hydrogens (tertiary/aromatic N) is 2. The second kappa shape index (κ2) is 5.62. The van der Waals surface area contributed by atoms with E-state index in [9.17, 15) is 18.5 Å². The van der Waals surface area contributed by atoms with Crippen molar-refractivity contribution in [2.45, 2.75) is 24.8 Å². The number of nitrogens with one attached hydrogen (secondary N) is 2. The van der Waals surface area contributed by atoms with E-state index in [0.717, 1.165) is 6.07 Å². The molecule has 1 heterocycles. The maximum atomic E-state index is 12.4. The number of sulfonamides is 1. The molecule has 0 fully saturated rings. The second-order valence-corrected chi connectivity index (χ2v) is 6.21. The van der Waals surface area contributed by atoms with Crippen LogP contribution in [0, 0.1) is 17.0 Å². The zero-order valence-electron chi connectivity index (χ0n) is 11.4. The van der Waals surface area contributed by atoms with Crippen molar-refractivity contribution >= 4 is 15.7 Å². The standard InChI is InChI=1S/C12H14N4O4S/c1-8-3-4-10(16(17)18)7-11(8)21(19,20)15-9(2)12-13-5-6-14-12/h3-7,9,15H,1-2H3,(H,13,14). The number of aryl methyl sites for hydroxylation is 1. The van der Waals surface area contributed by atoms with Crippen LogP contribution in [0.15, 0.2) is 35.5 Å². The summed E-state index contributed by atoms with van der Waals surface area (Å²) in [5.74, 6) is 0.460. The minimum Gasteiger partial charge on any atom is -0.347 e. The Kier molecular flexibility index (Phi) is 4.05. The molecule has 0 aliphatic heterocycles. The Hall–Kier alpha value is -2.26. The van der Waals surface area contributed by atoms with E-state index in [-0.39, 0.29) is 10.6 Å². The monoisotopic (exact) mass is 310 g/mol. The number of H-pyrrole nitrogens is 1. The summed E-state index contributed by atoms with van der Waals surface area (Å²) >= 11 is 0. The Morgan fingerprint density at radius 2 is 2.14 bits per heavy atom. The highest BCUT2D eigenvalue weighted by molar-refractivity contribution is 7.89. The van der Waals surface area contributed by atoms with E-state index >= 15 is 0 Å². The fourth-order valence-corrected chi connectivity index (χ4v) is 3.33. The summed E-state index contributed by atoms with van der Waals surface area (Å²) in [7, 11) is -3.89. The van der Waals surface area contributed by atoms with Gasteiger partial charge in [0.25, 0.3) is 5.69 Å². The summed E-state index contributed by atoms with van der Waals surface area (Å²) in [5, 5.41) is 10.8. The van der Waals surface area contributed by atoms with Crippen LogP contribution in [0.4, 0.5) is 5.69 Å². The number of nitro groups is 1. The fourth-order valence-electron chi connectivity index (χ4n) is 1.86. The summed E-state index contributed by atoms with van der Waals surface area (Å²) in [6.07, 6.45) is 3.09. The van der Waals surface area contributed by atoms with Crippen LogP contribution in [0.2, 0.25) is 0 Å². The number of benzene rings is 1. The van der Waals surface area contributed by atoms with Crippen molar-refractivity contribution in [3.63, 3.8) is 0 Å². The minimum atomic E-state index is -3.89. The van der Waals surface area contributed by atoms with Gasteiger partial charge in [0.1, 0.15) is 5.82 Å². The van der Waals surface area contributed by atoms with E-state index in [2.05, 4.69) is 14.7 Å². The Balaban J connectivity index is 2.35. The second-order valence-electron chi connectivity index (χ2n) is 4.52. The van der Waals surface area contributed by atoms with Gasteiger partial charge in [-0.25, -0.2) is 18.1 Å². The quantitative estimate of drug-likeness (QED) is 0.643. The normalized spacial score (nSPS) is 13.0. The van der Waals surface area contributed by atoms with Crippen molar-refractivity contribution < 1.29 is 13.3 Å². The van der Waals surface area contributed by atoms with Gasteiger partial charge in [0, 0.05) is 24.5 Å². The average molecular weight is 310 g/mol. The molecule has 0 aliphatic carbocycles. The fraction of sp³-hybridized carbons (Fsp3) is 0.250. The van der Waals surface area contributed by atoms with Gasteiger partial charge in [0.2, 0.25) is 10.0 Å². The van der Waals surface area contributed by atoms with Gasteiger partial charge in [0.15, 0.2) is 0 Å². The first-order chi connectivity index (χ1) is 9.81. The van der Waals surface area contributed by atoms with Crippen molar-refractivity contribution in [2.75, 3.05) is 0 Å². The molecule has 9 heteroatoms. The lowest BCUT2D eigenvalue weighted by atomic mass is 10.2. The molecule has 0 bridgehead atoms. The molecule has 2 rings (SSSR count). The lowest BCUT2D eigenvalue weighted by molar-refractivity contribution is -0.385. The summed E-state index contributed by atoms with van der Waals surface area (Å²) in [4.78, 5) is 16.8. The van der Waals surface area contributed by atoms with Crippen molar-refractivity contribution in [3.8, 4) is 0 Å². The number of aromatic nitrogens is 2. The first-order valence-electron chi connectivity index (χ1n) is 6.08. The summed E-state index contributed by atoms with van der Waals surface area (Å²) in [6, 6.07) is 3.14. The third kappa shape index (κ3) is 3.26. The molecule has 8 nitrogen and oxygen atoms in total. The molecule has 0 saturated heterocycles. The number of imidazole rings is 1. The van der Waals surface area contributed by atoms with Crippen molar-refractivity contribution in [2.24, 2.45) is 0 Å². The number of aromatic amines is 1. The smallest absolute Gasteiger partial charge is 0.270 e. The third-order valence-corrected chi connectivity index (χ3v) is 4.62. The van der Waals surface area contributed by atoms with Crippen LogP contribution in [0.1, 0.15) is 24.4 Å². The Labute approximate surface area is 121 Å². The summed E-state index contributed by atoms with van der Waals surface area (Å²) in [5.41, 5.74) is 0.159. The molecule has 2 N–H and O–H groups in total. The molecule has 2 aromatic rings. The highest BCUT2D eigenvalue weighted by Crippen LogP contribution is 2.23. The molecule has 0 spiro atoms. The maximum absolute atomic E-state index is 12.4. The molecule has 1 atom stereocenters. The third-order valence-electron chi connectivity index (χ3n) is 2.93.